The summed E-state index contributed by atoms with van der Waals surface area (Å²) in [5.74, 6) is 4.93. The minimum Gasteiger partial charge on any atom is -0.384 e. The molecule has 0 radical (unpaired) electrons. The minimum atomic E-state index is -0.228. The van der Waals surface area contributed by atoms with E-state index in [1.807, 2.05) is 0 Å². The molecule has 0 heterocycles. The van der Waals surface area contributed by atoms with Crippen molar-refractivity contribution in [1.82, 2.24) is 10.2 Å². The van der Waals surface area contributed by atoms with Crippen LogP contribution in [0.1, 0.15) is 28.8 Å². The van der Waals surface area contributed by atoms with E-state index < -0.39 is 0 Å². The number of aliphatic hydroxyl groups is 1. The van der Waals surface area contributed by atoms with E-state index in [0.717, 1.165) is 12.8 Å². The largest absolute Gasteiger partial charge is 0.384 e. The van der Waals surface area contributed by atoms with Gasteiger partial charge in [0.15, 0.2) is 0 Å². The maximum absolute atomic E-state index is 12.3. The average molecular weight is 286 g/mol. The second-order valence-electron chi connectivity index (χ2n) is 5.04. The highest BCUT2D eigenvalue weighted by atomic mass is 16.2. The molecule has 0 aromatic heterocycles. The Morgan fingerprint density at radius 1 is 1.43 bits per heavy atom. The predicted molar refractivity (Wildman–Crippen MR) is 78.5 cm³/mol. The first-order chi connectivity index (χ1) is 10.1. The van der Waals surface area contributed by atoms with Gasteiger partial charge in [-0.3, -0.25) is 9.59 Å². The zero-order chi connectivity index (χ0) is 15.2. The number of carbonyl (C=O) groups excluding carboxylic acids is 2. The second-order valence-corrected chi connectivity index (χ2v) is 5.04. The number of amides is 2. The molecule has 21 heavy (non-hydrogen) atoms. The Labute approximate surface area is 124 Å². The summed E-state index contributed by atoms with van der Waals surface area (Å²) in [6.45, 7) is -0.179. The van der Waals surface area contributed by atoms with E-state index in [0.29, 0.717) is 11.1 Å². The first-order valence-corrected chi connectivity index (χ1v) is 6.85. The monoisotopic (exact) mass is 286 g/mol. The zero-order valence-electron chi connectivity index (χ0n) is 11.9. The number of nitrogens with one attached hydrogen (secondary N) is 1. The number of aliphatic hydroxyl groups excluding tert-OH is 1. The Bertz CT molecular complexity index is 597. The second kappa shape index (κ2) is 6.91. The lowest BCUT2D eigenvalue weighted by Crippen LogP contribution is -2.39. The van der Waals surface area contributed by atoms with Crippen molar-refractivity contribution in [3.8, 4) is 11.8 Å². The number of rotatable bonds is 4. The Morgan fingerprint density at radius 2 is 2.19 bits per heavy atom. The first-order valence-electron chi connectivity index (χ1n) is 6.85. The van der Waals surface area contributed by atoms with E-state index in [9.17, 15) is 9.59 Å². The van der Waals surface area contributed by atoms with Crippen molar-refractivity contribution < 1.29 is 14.7 Å². The molecule has 1 aliphatic carbocycles. The number of hydrogen-bond acceptors (Lipinski definition) is 3. The molecule has 110 valence electrons. The Hall–Kier alpha value is -2.32. The van der Waals surface area contributed by atoms with Gasteiger partial charge in [0.2, 0.25) is 5.91 Å². The summed E-state index contributed by atoms with van der Waals surface area (Å²) < 4.78 is 0. The molecule has 1 aliphatic rings. The first kappa shape index (κ1) is 15.1. The SMILES string of the molecule is CN(CC(=O)NC1CC1)C(=O)c1cccc(C#CCO)c1. The van der Waals surface area contributed by atoms with Gasteiger partial charge in [-0.2, -0.15) is 0 Å². The van der Waals surface area contributed by atoms with Gasteiger partial charge >= 0.3 is 0 Å². The van der Waals surface area contributed by atoms with Gasteiger partial charge in [0.25, 0.3) is 5.91 Å². The smallest absolute Gasteiger partial charge is 0.254 e. The third-order valence-electron chi connectivity index (χ3n) is 3.09. The predicted octanol–water partition coefficient (Wildman–Crippen LogP) is 0.381. The highest BCUT2D eigenvalue weighted by Crippen LogP contribution is 2.18. The molecule has 5 heteroatoms. The molecule has 0 unspecified atom stereocenters. The maximum atomic E-state index is 12.3. The molecule has 2 rings (SSSR count). The number of benzene rings is 1. The van der Waals surface area contributed by atoms with Gasteiger partial charge in [-0.1, -0.05) is 17.9 Å². The molecule has 2 amide bonds. The molecule has 1 saturated carbocycles. The van der Waals surface area contributed by atoms with Crippen molar-refractivity contribution in [2.24, 2.45) is 0 Å². The molecule has 0 spiro atoms. The summed E-state index contributed by atoms with van der Waals surface area (Å²) in [5, 5.41) is 11.5. The number of carbonyl (C=O) groups is 2. The highest BCUT2D eigenvalue weighted by Gasteiger charge is 2.24. The van der Waals surface area contributed by atoms with Crippen LogP contribution in [0.4, 0.5) is 0 Å². The molecule has 2 N–H and O–H groups in total. The van der Waals surface area contributed by atoms with Crippen molar-refractivity contribution in [3.05, 3.63) is 35.4 Å². The standard InChI is InChI=1S/C16H18N2O3/c1-18(11-15(20)17-14-7-8-14)16(21)13-6-2-4-12(10-13)5-3-9-19/h2,4,6,10,14,19H,7-9,11H2,1H3,(H,17,20). The Morgan fingerprint density at radius 3 is 2.86 bits per heavy atom. The van der Waals surface area contributed by atoms with Crippen LogP contribution in [-0.2, 0) is 4.79 Å². The van der Waals surface area contributed by atoms with Gasteiger partial charge in [-0.05, 0) is 31.0 Å². The average Bonchev–Trinajstić information content (AvgIpc) is 3.28. The summed E-state index contributed by atoms with van der Waals surface area (Å²) in [7, 11) is 1.60. The van der Waals surface area contributed by atoms with Crippen LogP contribution >= 0.6 is 0 Å². The van der Waals surface area contributed by atoms with E-state index >= 15 is 0 Å². The van der Waals surface area contributed by atoms with Gasteiger partial charge in [0, 0.05) is 24.2 Å². The van der Waals surface area contributed by atoms with E-state index in [2.05, 4.69) is 17.2 Å². The molecule has 5 nitrogen and oxygen atoms in total. The maximum Gasteiger partial charge on any atom is 0.254 e. The third-order valence-corrected chi connectivity index (χ3v) is 3.09. The molecule has 1 aromatic carbocycles. The van der Waals surface area contributed by atoms with Crippen LogP contribution in [0.2, 0.25) is 0 Å². The summed E-state index contributed by atoms with van der Waals surface area (Å²) in [5.41, 5.74) is 1.13. The van der Waals surface area contributed by atoms with Crippen molar-refractivity contribution >= 4 is 11.8 Å². The van der Waals surface area contributed by atoms with E-state index in [1.165, 1.54) is 4.90 Å². The zero-order valence-corrected chi connectivity index (χ0v) is 11.9. The highest BCUT2D eigenvalue weighted by molar-refractivity contribution is 5.96. The van der Waals surface area contributed by atoms with Gasteiger partial charge in [-0.25, -0.2) is 0 Å². The molecular formula is C16H18N2O3. The number of likely N-dealkylation sites (N-methyl/N-ethyl adjacent to an activating group) is 1. The van der Waals surface area contributed by atoms with Crippen LogP contribution in [0, 0.1) is 11.8 Å². The Kier molecular flexibility index (Phi) is 4.96. The fourth-order valence-corrected chi connectivity index (χ4v) is 1.88. The summed E-state index contributed by atoms with van der Waals surface area (Å²) in [6, 6.07) is 7.12. The summed E-state index contributed by atoms with van der Waals surface area (Å²) >= 11 is 0. The van der Waals surface area contributed by atoms with Crippen molar-refractivity contribution in [3.63, 3.8) is 0 Å². The van der Waals surface area contributed by atoms with Crippen LogP contribution in [0.25, 0.3) is 0 Å². The quantitative estimate of drug-likeness (QED) is 0.786. The van der Waals surface area contributed by atoms with Crippen LogP contribution < -0.4 is 5.32 Å². The lowest BCUT2D eigenvalue weighted by molar-refractivity contribution is -0.121. The van der Waals surface area contributed by atoms with Crippen LogP contribution in [0.3, 0.4) is 0 Å². The molecule has 0 saturated heterocycles. The normalized spacial score (nSPS) is 13.0. The van der Waals surface area contributed by atoms with Crippen LogP contribution in [-0.4, -0.2) is 48.1 Å². The third kappa shape index (κ3) is 4.62. The number of nitrogens with zero attached hydrogens (tertiary/aromatic N) is 1. The summed E-state index contributed by atoms with van der Waals surface area (Å²) in [4.78, 5) is 25.3. The fraction of sp³-hybridized carbons (Fsp3) is 0.375. The Balaban J connectivity index is 1.99. The van der Waals surface area contributed by atoms with Crippen molar-refractivity contribution in [2.75, 3.05) is 20.2 Å². The lowest BCUT2D eigenvalue weighted by atomic mass is 10.1. The molecule has 0 atom stereocenters. The molecule has 0 aliphatic heterocycles. The molecule has 1 fully saturated rings. The van der Waals surface area contributed by atoms with Gasteiger partial charge in [0.05, 0.1) is 6.54 Å². The van der Waals surface area contributed by atoms with Crippen molar-refractivity contribution in [2.45, 2.75) is 18.9 Å². The van der Waals surface area contributed by atoms with Crippen LogP contribution in [0.5, 0.6) is 0 Å². The lowest BCUT2D eigenvalue weighted by Gasteiger charge is -2.16. The molecular weight excluding hydrogens is 268 g/mol. The molecule has 0 bridgehead atoms. The van der Waals surface area contributed by atoms with Gasteiger partial charge in [0.1, 0.15) is 6.61 Å². The van der Waals surface area contributed by atoms with E-state index in [-0.39, 0.29) is 31.0 Å². The minimum absolute atomic E-state index is 0.0435. The van der Waals surface area contributed by atoms with Crippen LogP contribution in [0.15, 0.2) is 24.3 Å². The van der Waals surface area contributed by atoms with Gasteiger partial charge < -0.3 is 15.3 Å². The fourth-order valence-electron chi connectivity index (χ4n) is 1.88. The summed E-state index contributed by atoms with van der Waals surface area (Å²) in [6.07, 6.45) is 2.05. The van der Waals surface area contributed by atoms with Crippen molar-refractivity contribution in [1.29, 1.82) is 0 Å². The number of hydrogen-bond donors (Lipinski definition) is 2. The topological polar surface area (TPSA) is 69.6 Å². The van der Waals surface area contributed by atoms with Gasteiger partial charge in [-0.15, -0.1) is 0 Å². The molecule has 1 aromatic rings. The van der Waals surface area contributed by atoms with E-state index in [4.69, 9.17) is 5.11 Å². The van der Waals surface area contributed by atoms with E-state index in [1.54, 1.807) is 31.3 Å².